The Hall–Kier alpha value is -2.54. The molecule has 0 unspecified atom stereocenters. The fraction of sp³-hybridized carbons (Fsp3) is 0.350. The maximum absolute atomic E-state index is 12.0. The molecule has 0 fully saturated rings. The van der Waals surface area contributed by atoms with Gasteiger partial charge in [-0.05, 0) is 48.2 Å². The van der Waals surface area contributed by atoms with Gasteiger partial charge in [-0.3, -0.25) is 4.79 Å². The molecular formula is C20H22F3NO3. The van der Waals surface area contributed by atoms with Crippen molar-refractivity contribution in [3.05, 3.63) is 64.7 Å². The number of hydrogen-bond acceptors (Lipinski definition) is 3. The van der Waals surface area contributed by atoms with Crippen molar-refractivity contribution in [1.29, 1.82) is 0 Å². The van der Waals surface area contributed by atoms with Crippen LogP contribution in [-0.2, 0) is 22.7 Å². The number of hydrogen-bond donors (Lipinski definition) is 1. The summed E-state index contributed by atoms with van der Waals surface area (Å²) in [5, 5.41) is 2.73. The number of amides is 1. The number of aryl methyl sites for hydroxylation is 2. The van der Waals surface area contributed by atoms with Gasteiger partial charge >= 0.3 is 6.18 Å². The summed E-state index contributed by atoms with van der Waals surface area (Å²) in [6.45, 7) is 2.80. The van der Waals surface area contributed by atoms with Gasteiger partial charge in [0.25, 0.3) is 5.91 Å². The molecule has 27 heavy (non-hydrogen) atoms. The monoisotopic (exact) mass is 381 g/mol. The molecule has 2 aromatic rings. The van der Waals surface area contributed by atoms with Crippen LogP contribution in [-0.4, -0.2) is 25.3 Å². The summed E-state index contributed by atoms with van der Waals surface area (Å²) in [6.07, 6.45) is -4.33. The lowest BCUT2D eigenvalue weighted by atomic mass is 10.1. The van der Waals surface area contributed by atoms with Gasteiger partial charge in [-0.2, -0.15) is 13.2 Å². The molecule has 7 heteroatoms. The lowest BCUT2D eigenvalue weighted by Crippen LogP contribution is -2.28. The van der Waals surface area contributed by atoms with Crippen LogP contribution in [0.5, 0.6) is 5.75 Å². The number of carbonyl (C=O) groups is 1. The van der Waals surface area contributed by atoms with Crippen molar-refractivity contribution in [2.45, 2.75) is 33.2 Å². The van der Waals surface area contributed by atoms with E-state index in [1.165, 1.54) is 0 Å². The second kappa shape index (κ2) is 9.41. The van der Waals surface area contributed by atoms with E-state index in [0.29, 0.717) is 17.9 Å². The smallest absolute Gasteiger partial charge is 0.411 e. The lowest BCUT2D eigenvalue weighted by Gasteiger charge is -2.10. The van der Waals surface area contributed by atoms with E-state index in [2.05, 4.69) is 10.1 Å². The Bertz CT molecular complexity index is 758. The summed E-state index contributed by atoms with van der Waals surface area (Å²) in [4.78, 5) is 11.9. The molecular weight excluding hydrogens is 359 g/mol. The zero-order chi connectivity index (χ0) is 19.9. The van der Waals surface area contributed by atoms with Gasteiger partial charge < -0.3 is 14.8 Å². The highest BCUT2D eigenvalue weighted by atomic mass is 19.4. The summed E-state index contributed by atoms with van der Waals surface area (Å²) in [7, 11) is 0. The minimum absolute atomic E-state index is 0.0914. The Balaban J connectivity index is 1.72. The molecule has 0 spiro atoms. The predicted octanol–water partition coefficient (Wildman–Crippen LogP) is 4.08. The number of nitrogens with one attached hydrogen (secondary N) is 1. The Morgan fingerprint density at radius 2 is 1.67 bits per heavy atom. The first-order chi connectivity index (χ1) is 12.7. The third-order valence-corrected chi connectivity index (χ3v) is 3.90. The zero-order valence-corrected chi connectivity index (χ0v) is 15.2. The van der Waals surface area contributed by atoms with Gasteiger partial charge in [0, 0.05) is 6.54 Å². The molecule has 1 amide bonds. The minimum Gasteiger partial charge on any atom is -0.484 e. The van der Waals surface area contributed by atoms with Crippen molar-refractivity contribution < 1.29 is 27.4 Å². The average Bonchev–Trinajstić information content (AvgIpc) is 2.61. The van der Waals surface area contributed by atoms with Crippen LogP contribution in [0.4, 0.5) is 13.2 Å². The Labute approximate surface area is 156 Å². The van der Waals surface area contributed by atoms with Gasteiger partial charge in [0.15, 0.2) is 6.61 Å². The fourth-order valence-corrected chi connectivity index (χ4v) is 2.24. The zero-order valence-electron chi connectivity index (χ0n) is 15.2. The molecule has 0 saturated heterocycles. The van der Waals surface area contributed by atoms with Crippen molar-refractivity contribution >= 4 is 5.91 Å². The number of halogens is 3. The summed E-state index contributed by atoms with van der Waals surface area (Å²) in [5.74, 6) is 0.377. The predicted molar refractivity (Wildman–Crippen MR) is 95.4 cm³/mol. The van der Waals surface area contributed by atoms with Crippen LogP contribution >= 0.6 is 0 Å². The molecule has 0 aromatic heterocycles. The fourth-order valence-electron chi connectivity index (χ4n) is 2.24. The highest BCUT2D eigenvalue weighted by Gasteiger charge is 2.27. The van der Waals surface area contributed by atoms with Gasteiger partial charge in [0.1, 0.15) is 12.4 Å². The Morgan fingerprint density at radius 3 is 2.30 bits per heavy atom. The van der Waals surface area contributed by atoms with E-state index >= 15 is 0 Å². The Morgan fingerprint density at radius 1 is 1.00 bits per heavy atom. The molecule has 0 aliphatic rings. The number of ether oxygens (including phenoxy) is 2. The molecule has 2 aromatic carbocycles. The van der Waals surface area contributed by atoms with Crippen molar-refractivity contribution in [2.75, 3.05) is 13.2 Å². The Kier molecular flexibility index (Phi) is 7.24. The number of benzene rings is 2. The van der Waals surface area contributed by atoms with Crippen LogP contribution in [0.25, 0.3) is 0 Å². The van der Waals surface area contributed by atoms with Crippen LogP contribution in [0.1, 0.15) is 22.3 Å². The second-order valence-electron chi connectivity index (χ2n) is 6.24. The van der Waals surface area contributed by atoms with Crippen molar-refractivity contribution in [3.63, 3.8) is 0 Å². The number of alkyl halides is 3. The summed E-state index contributed by atoms with van der Waals surface area (Å²) in [5.41, 5.74) is 3.70. The molecule has 0 heterocycles. The lowest BCUT2D eigenvalue weighted by molar-refractivity contribution is -0.176. The number of rotatable bonds is 8. The molecule has 0 atom stereocenters. The molecule has 4 nitrogen and oxygen atoms in total. The van der Waals surface area contributed by atoms with Crippen LogP contribution in [0.3, 0.4) is 0 Å². The average molecular weight is 381 g/mol. The first kappa shape index (κ1) is 20.8. The highest BCUT2D eigenvalue weighted by molar-refractivity contribution is 5.77. The quantitative estimate of drug-likeness (QED) is 0.750. The van der Waals surface area contributed by atoms with Crippen molar-refractivity contribution in [1.82, 2.24) is 5.32 Å². The van der Waals surface area contributed by atoms with E-state index in [-0.39, 0.29) is 19.1 Å². The van der Waals surface area contributed by atoms with Crippen molar-refractivity contribution in [2.24, 2.45) is 0 Å². The summed E-state index contributed by atoms with van der Waals surface area (Å²) in [6, 6.07) is 12.4. The SMILES string of the molecule is Cc1ccc(OCC(=O)NCc2ccc(COCC(F)(F)F)cc2)cc1C. The van der Waals surface area contributed by atoms with Crippen LogP contribution in [0.2, 0.25) is 0 Å². The standard InChI is InChI=1S/C20H22F3NO3/c1-14-3-8-18(9-15(14)2)27-12-19(25)24-10-16-4-6-17(7-5-16)11-26-13-20(21,22)23/h3-9H,10-13H2,1-2H3,(H,24,25). The van der Waals surface area contributed by atoms with Crippen molar-refractivity contribution in [3.8, 4) is 5.75 Å². The highest BCUT2D eigenvalue weighted by Crippen LogP contribution is 2.17. The van der Waals surface area contributed by atoms with Gasteiger partial charge in [0.05, 0.1) is 6.61 Å². The van der Waals surface area contributed by atoms with E-state index in [4.69, 9.17) is 4.74 Å². The summed E-state index contributed by atoms with van der Waals surface area (Å²) < 4.78 is 46.2. The van der Waals surface area contributed by atoms with E-state index < -0.39 is 12.8 Å². The maximum atomic E-state index is 12.0. The molecule has 0 radical (unpaired) electrons. The summed E-state index contributed by atoms with van der Waals surface area (Å²) >= 11 is 0. The van der Waals surface area contributed by atoms with Gasteiger partial charge in [-0.15, -0.1) is 0 Å². The normalized spacial score (nSPS) is 11.3. The van der Waals surface area contributed by atoms with E-state index in [0.717, 1.165) is 16.7 Å². The van der Waals surface area contributed by atoms with Gasteiger partial charge in [0.2, 0.25) is 0 Å². The maximum Gasteiger partial charge on any atom is 0.411 e. The molecule has 146 valence electrons. The molecule has 0 saturated carbocycles. The molecule has 0 aliphatic heterocycles. The van der Waals surface area contributed by atoms with E-state index in [1.54, 1.807) is 24.3 Å². The topological polar surface area (TPSA) is 47.6 Å². The largest absolute Gasteiger partial charge is 0.484 e. The van der Waals surface area contributed by atoms with Gasteiger partial charge in [-0.25, -0.2) is 0 Å². The van der Waals surface area contributed by atoms with Crippen LogP contribution in [0, 0.1) is 13.8 Å². The third kappa shape index (κ3) is 7.70. The van der Waals surface area contributed by atoms with Crippen LogP contribution in [0.15, 0.2) is 42.5 Å². The molecule has 1 N–H and O–H groups in total. The second-order valence-corrected chi connectivity index (χ2v) is 6.24. The molecule has 2 rings (SSSR count). The van der Waals surface area contributed by atoms with Crippen LogP contribution < -0.4 is 10.1 Å². The third-order valence-electron chi connectivity index (χ3n) is 3.90. The minimum atomic E-state index is -4.33. The molecule has 0 bridgehead atoms. The first-order valence-electron chi connectivity index (χ1n) is 8.42. The number of carbonyl (C=O) groups excluding carboxylic acids is 1. The van der Waals surface area contributed by atoms with E-state index in [1.807, 2.05) is 32.0 Å². The molecule has 0 aliphatic carbocycles. The van der Waals surface area contributed by atoms with Gasteiger partial charge in [-0.1, -0.05) is 30.3 Å². The first-order valence-corrected chi connectivity index (χ1v) is 8.42. The van der Waals surface area contributed by atoms with E-state index in [9.17, 15) is 18.0 Å².